The van der Waals surface area contributed by atoms with Crippen molar-refractivity contribution in [2.24, 2.45) is 0 Å². The summed E-state index contributed by atoms with van der Waals surface area (Å²) in [6, 6.07) is 10.6. The van der Waals surface area contributed by atoms with Gasteiger partial charge in [-0.3, -0.25) is 4.90 Å². The Labute approximate surface area is 168 Å². The van der Waals surface area contributed by atoms with E-state index in [1.165, 1.54) is 10.9 Å². The monoisotopic (exact) mass is 388 g/mol. The summed E-state index contributed by atoms with van der Waals surface area (Å²) in [6.07, 6.45) is 3.19. The number of hydrogen-bond acceptors (Lipinski definition) is 5. The predicted molar refractivity (Wildman–Crippen MR) is 115 cm³/mol. The van der Waals surface area contributed by atoms with Crippen LogP contribution in [-0.4, -0.2) is 45.0 Å². The van der Waals surface area contributed by atoms with E-state index < -0.39 is 0 Å². The molecule has 0 radical (unpaired) electrons. The van der Waals surface area contributed by atoms with Gasteiger partial charge >= 0.3 is 0 Å². The molecule has 0 unspecified atom stereocenters. The van der Waals surface area contributed by atoms with Crippen molar-refractivity contribution < 1.29 is 4.74 Å². The smallest absolute Gasteiger partial charge is 0.180 e. The Morgan fingerprint density at radius 2 is 2.03 bits per heavy atom. The lowest BCUT2D eigenvalue weighted by Crippen LogP contribution is -2.20. The maximum atomic E-state index is 6.01. The molecule has 0 saturated carbocycles. The maximum Gasteiger partial charge on any atom is 0.180 e. The fraction of sp³-hybridized carbons (Fsp3) is 0.273. The minimum atomic E-state index is 0.461. The summed E-state index contributed by atoms with van der Waals surface area (Å²) >= 11 is 0. The van der Waals surface area contributed by atoms with Crippen LogP contribution in [0.5, 0.6) is 0 Å². The maximum absolute atomic E-state index is 6.01. The fourth-order valence-corrected chi connectivity index (χ4v) is 3.97. The molecule has 0 amide bonds. The Balaban J connectivity index is 1.45. The SMILES string of the molecule is Cc1nc2nc(N)cc(-c3cc4cc(CN(C)CC5=CCCO5)ccc4[nH]3)c2[nH]1. The number of likely N-dealkylation sites (N-methyl/N-ethyl adjacent to an activating group) is 1. The highest BCUT2D eigenvalue weighted by Crippen LogP contribution is 2.30. The van der Waals surface area contributed by atoms with E-state index in [0.29, 0.717) is 11.5 Å². The topological polar surface area (TPSA) is 95.8 Å². The van der Waals surface area contributed by atoms with Crippen LogP contribution in [0.2, 0.25) is 0 Å². The van der Waals surface area contributed by atoms with Crippen LogP contribution in [0.15, 0.2) is 42.2 Å². The third-order valence-corrected chi connectivity index (χ3v) is 5.23. The molecular weight excluding hydrogens is 364 g/mol. The molecule has 3 aromatic heterocycles. The number of aryl methyl sites for hydroxylation is 1. The van der Waals surface area contributed by atoms with E-state index in [-0.39, 0.29) is 0 Å². The molecule has 0 bridgehead atoms. The van der Waals surface area contributed by atoms with E-state index >= 15 is 0 Å². The molecule has 1 aromatic carbocycles. The molecule has 7 nitrogen and oxygen atoms in total. The minimum absolute atomic E-state index is 0.461. The van der Waals surface area contributed by atoms with Crippen molar-refractivity contribution in [3.63, 3.8) is 0 Å². The number of hydrogen-bond donors (Lipinski definition) is 3. The molecule has 0 fully saturated rings. The van der Waals surface area contributed by atoms with Crippen LogP contribution >= 0.6 is 0 Å². The number of nitrogen functional groups attached to an aromatic ring is 1. The molecule has 1 aliphatic heterocycles. The lowest BCUT2D eigenvalue weighted by molar-refractivity contribution is 0.204. The average Bonchev–Trinajstić information content (AvgIpc) is 3.39. The van der Waals surface area contributed by atoms with E-state index in [0.717, 1.165) is 60.0 Å². The number of aromatic amines is 2. The van der Waals surface area contributed by atoms with Crippen LogP contribution < -0.4 is 5.73 Å². The molecule has 5 rings (SSSR count). The lowest BCUT2D eigenvalue weighted by Gasteiger charge is -2.17. The largest absolute Gasteiger partial charge is 0.497 e. The molecule has 0 spiro atoms. The molecular formula is C22H24N6O. The van der Waals surface area contributed by atoms with Crippen LogP contribution in [0.25, 0.3) is 33.3 Å². The second-order valence-corrected chi connectivity index (χ2v) is 7.70. The number of benzene rings is 1. The van der Waals surface area contributed by atoms with Crippen molar-refractivity contribution in [3.05, 3.63) is 53.6 Å². The van der Waals surface area contributed by atoms with E-state index in [4.69, 9.17) is 10.5 Å². The Kier molecular flexibility index (Phi) is 4.24. The van der Waals surface area contributed by atoms with E-state index in [1.807, 2.05) is 13.0 Å². The summed E-state index contributed by atoms with van der Waals surface area (Å²) in [5.41, 5.74) is 11.9. The fourth-order valence-electron chi connectivity index (χ4n) is 3.97. The van der Waals surface area contributed by atoms with Crippen LogP contribution in [0, 0.1) is 6.92 Å². The molecule has 0 saturated heterocycles. The predicted octanol–water partition coefficient (Wildman–Crippen LogP) is 3.73. The molecule has 29 heavy (non-hydrogen) atoms. The Morgan fingerprint density at radius 3 is 2.86 bits per heavy atom. The standard InChI is InChI=1S/C22H24N6O/c1-13-24-21-17(10-20(23)27-22(21)25-13)19-9-15-8-14(5-6-18(15)26-19)11-28(2)12-16-4-3-7-29-16/h4-6,8-10,26H,3,7,11-12H2,1-2H3,(H3,23,24,25,27). The quantitative estimate of drug-likeness (QED) is 0.484. The zero-order valence-corrected chi connectivity index (χ0v) is 16.6. The lowest BCUT2D eigenvalue weighted by atomic mass is 10.1. The van der Waals surface area contributed by atoms with E-state index in [9.17, 15) is 0 Å². The number of nitrogens with zero attached hydrogens (tertiary/aromatic N) is 3. The van der Waals surface area contributed by atoms with Gasteiger partial charge in [0.15, 0.2) is 5.65 Å². The zero-order valence-electron chi connectivity index (χ0n) is 16.6. The first-order valence-electron chi connectivity index (χ1n) is 9.80. The Morgan fingerprint density at radius 1 is 1.14 bits per heavy atom. The van der Waals surface area contributed by atoms with Gasteiger partial charge in [-0.1, -0.05) is 6.07 Å². The van der Waals surface area contributed by atoms with Crippen LogP contribution in [0.1, 0.15) is 17.8 Å². The van der Waals surface area contributed by atoms with Crippen LogP contribution in [0.4, 0.5) is 5.82 Å². The molecule has 0 aliphatic carbocycles. The third-order valence-electron chi connectivity index (χ3n) is 5.23. The summed E-state index contributed by atoms with van der Waals surface area (Å²) in [5.74, 6) is 2.36. The molecule has 1 aliphatic rings. The van der Waals surface area contributed by atoms with Crippen LogP contribution in [-0.2, 0) is 11.3 Å². The number of ether oxygens (including phenoxy) is 1. The van der Waals surface area contributed by atoms with Gasteiger partial charge in [0.25, 0.3) is 0 Å². The zero-order chi connectivity index (χ0) is 20.0. The first-order valence-corrected chi connectivity index (χ1v) is 9.80. The summed E-state index contributed by atoms with van der Waals surface area (Å²) in [6.45, 7) is 4.43. The first kappa shape index (κ1) is 17.8. The highest BCUT2D eigenvalue weighted by Gasteiger charge is 2.14. The van der Waals surface area contributed by atoms with Gasteiger partial charge in [0.1, 0.15) is 17.4 Å². The third kappa shape index (κ3) is 3.45. The van der Waals surface area contributed by atoms with Crippen molar-refractivity contribution >= 4 is 27.9 Å². The Hall–Kier alpha value is -3.32. The number of imidazole rings is 1. The first-order chi connectivity index (χ1) is 14.0. The average molecular weight is 388 g/mol. The van der Waals surface area contributed by atoms with Gasteiger partial charge in [0.2, 0.25) is 0 Å². The van der Waals surface area contributed by atoms with Gasteiger partial charge in [-0.25, -0.2) is 9.97 Å². The number of anilines is 1. The molecule has 4 heterocycles. The molecule has 4 N–H and O–H groups in total. The summed E-state index contributed by atoms with van der Waals surface area (Å²) in [5, 5.41) is 1.17. The van der Waals surface area contributed by atoms with Gasteiger partial charge in [0.05, 0.1) is 18.7 Å². The molecule has 148 valence electrons. The summed E-state index contributed by atoms with van der Waals surface area (Å²) in [7, 11) is 2.12. The Bertz CT molecular complexity index is 1240. The van der Waals surface area contributed by atoms with Crippen molar-refractivity contribution in [2.75, 3.05) is 25.9 Å². The molecule has 0 atom stereocenters. The number of pyridine rings is 1. The number of aromatic nitrogens is 4. The normalized spacial score (nSPS) is 14.1. The van der Waals surface area contributed by atoms with Crippen molar-refractivity contribution in [2.45, 2.75) is 19.9 Å². The molecule has 7 heteroatoms. The van der Waals surface area contributed by atoms with Gasteiger partial charge in [-0.2, -0.15) is 0 Å². The second kappa shape index (κ2) is 6.93. The highest BCUT2D eigenvalue weighted by atomic mass is 16.5. The van der Waals surface area contributed by atoms with Gasteiger partial charge < -0.3 is 20.4 Å². The van der Waals surface area contributed by atoms with Gasteiger partial charge in [0, 0.05) is 35.1 Å². The number of H-pyrrole nitrogens is 2. The van der Waals surface area contributed by atoms with E-state index in [1.54, 1.807) is 0 Å². The number of rotatable bonds is 5. The number of nitrogens with one attached hydrogen (secondary N) is 2. The van der Waals surface area contributed by atoms with Gasteiger partial charge in [-0.05, 0) is 49.9 Å². The minimum Gasteiger partial charge on any atom is -0.497 e. The van der Waals surface area contributed by atoms with Gasteiger partial charge in [-0.15, -0.1) is 0 Å². The second-order valence-electron chi connectivity index (χ2n) is 7.70. The van der Waals surface area contributed by atoms with Crippen molar-refractivity contribution in [3.8, 4) is 11.3 Å². The van der Waals surface area contributed by atoms with Crippen LogP contribution in [0.3, 0.4) is 0 Å². The van der Waals surface area contributed by atoms with Crippen molar-refractivity contribution in [1.29, 1.82) is 0 Å². The van der Waals surface area contributed by atoms with Crippen molar-refractivity contribution in [1.82, 2.24) is 24.8 Å². The number of nitrogens with two attached hydrogens (primary N) is 1. The van der Waals surface area contributed by atoms with E-state index in [2.05, 4.69) is 62.2 Å². The summed E-state index contributed by atoms with van der Waals surface area (Å²) in [4.78, 5) is 17.8. The summed E-state index contributed by atoms with van der Waals surface area (Å²) < 4.78 is 5.62. The number of fused-ring (bicyclic) bond motifs is 2. The highest BCUT2D eigenvalue weighted by molar-refractivity contribution is 5.95. The molecule has 4 aromatic rings.